The van der Waals surface area contributed by atoms with Crippen LogP contribution in [0.5, 0.6) is 5.75 Å². The van der Waals surface area contributed by atoms with Crippen LogP contribution in [0.2, 0.25) is 0 Å². The Morgan fingerprint density at radius 2 is 1.84 bits per heavy atom. The lowest BCUT2D eigenvalue weighted by atomic mass is 10.1. The summed E-state index contributed by atoms with van der Waals surface area (Å²) >= 11 is 0. The number of rotatable bonds is 3. The molecular formula is C18H17N3O4. The maximum atomic E-state index is 12.4. The van der Waals surface area contributed by atoms with Crippen LogP contribution in [0.3, 0.4) is 0 Å². The fourth-order valence-corrected chi connectivity index (χ4v) is 2.43. The molecule has 1 unspecified atom stereocenters. The van der Waals surface area contributed by atoms with Crippen LogP contribution in [-0.4, -0.2) is 23.8 Å². The molecule has 2 aromatic carbocycles. The zero-order valence-corrected chi connectivity index (χ0v) is 13.8. The summed E-state index contributed by atoms with van der Waals surface area (Å²) in [6, 6.07) is 11.6. The molecule has 3 N–H and O–H groups in total. The quantitative estimate of drug-likeness (QED) is 0.801. The normalized spacial score (nSPS) is 15.4. The Balaban J connectivity index is 1.76. The maximum Gasteiger partial charge on any atom is 0.265 e. The Morgan fingerprint density at radius 1 is 1.08 bits per heavy atom. The van der Waals surface area contributed by atoms with Crippen LogP contribution < -0.4 is 20.7 Å². The molecule has 7 heteroatoms. The van der Waals surface area contributed by atoms with Gasteiger partial charge in [0.2, 0.25) is 5.91 Å². The van der Waals surface area contributed by atoms with Crippen molar-refractivity contribution in [1.29, 1.82) is 0 Å². The summed E-state index contributed by atoms with van der Waals surface area (Å²) in [6.45, 7) is 3.06. The molecule has 0 aliphatic carbocycles. The number of hydrogen-bond acceptors (Lipinski definition) is 4. The van der Waals surface area contributed by atoms with E-state index in [4.69, 9.17) is 4.74 Å². The number of carbonyl (C=O) groups excluding carboxylic acids is 3. The Kier molecular flexibility index (Phi) is 4.38. The van der Waals surface area contributed by atoms with Crippen molar-refractivity contribution in [1.82, 2.24) is 0 Å². The van der Waals surface area contributed by atoms with Gasteiger partial charge in [0.1, 0.15) is 5.75 Å². The lowest BCUT2D eigenvalue weighted by molar-refractivity contribution is -0.122. The second-order valence-electron chi connectivity index (χ2n) is 5.68. The molecule has 0 saturated carbocycles. The molecule has 0 spiro atoms. The highest BCUT2D eigenvalue weighted by atomic mass is 16.5. The summed E-state index contributed by atoms with van der Waals surface area (Å²) in [4.78, 5) is 35.2. The molecule has 1 atom stereocenters. The van der Waals surface area contributed by atoms with Crippen molar-refractivity contribution >= 4 is 34.8 Å². The van der Waals surface area contributed by atoms with Crippen molar-refractivity contribution in [3.63, 3.8) is 0 Å². The summed E-state index contributed by atoms with van der Waals surface area (Å²) < 4.78 is 5.48. The molecule has 1 aliphatic rings. The van der Waals surface area contributed by atoms with E-state index in [2.05, 4.69) is 16.0 Å². The number of nitrogens with one attached hydrogen (secondary N) is 3. The third-order valence-corrected chi connectivity index (χ3v) is 3.61. The average molecular weight is 339 g/mol. The zero-order valence-electron chi connectivity index (χ0n) is 13.8. The van der Waals surface area contributed by atoms with E-state index in [1.165, 1.54) is 6.92 Å². The lowest BCUT2D eigenvalue weighted by Crippen LogP contribution is -2.34. The predicted octanol–water partition coefficient (Wildman–Crippen LogP) is 2.62. The summed E-state index contributed by atoms with van der Waals surface area (Å²) in [7, 11) is 0. The van der Waals surface area contributed by atoms with Gasteiger partial charge in [0.25, 0.3) is 11.8 Å². The molecule has 0 bridgehead atoms. The highest BCUT2D eigenvalue weighted by Gasteiger charge is 2.23. The number of amides is 3. The van der Waals surface area contributed by atoms with Gasteiger partial charge in [-0.3, -0.25) is 14.4 Å². The molecule has 3 rings (SSSR count). The van der Waals surface area contributed by atoms with E-state index in [0.29, 0.717) is 28.4 Å². The van der Waals surface area contributed by atoms with Crippen molar-refractivity contribution < 1.29 is 19.1 Å². The standard InChI is InChI=1S/C18H17N3O4/c1-10-17(23)21-15-9-14(6-7-16(15)25-10)20-18(24)12-4-3-5-13(8-12)19-11(2)22/h3-10H,1-2H3,(H,19,22)(H,20,24)(H,21,23). The van der Waals surface area contributed by atoms with E-state index in [-0.39, 0.29) is 17.7 Å². The second-order valence-corrected chi connectivity index (χ2v) is 5.68. The number of fused-ring (bicyclic) bond motifs is 1. The molecule has 1 heterocycles. The zero-order chi connectivity index (χ0) is 18.0. The van der Waals surface area contributed by atoms with Gasteiger partial charge in [0.15, 0.2) is 6.10 Å². The molecule has 7 nitrogen and oxygen atoms in total. The fourth-order valence-electron chi connectivity index (χ4n) is 2.43. The lowest BCUT2D eigenvalue weighted by Gasteiger charge is -2.23. The van der Waals surface area contributed by atoms with Crippen molar-refractivity contribution in [3.05, 3.63) is 48.0 Å². The topological polar surface area (TPSA) is 96.5 Å². The number of benzene rings is 2. The van der Waals surface area contributed by atoms with E-state index in [9.17, 15) is 14.4 Å². The molecule has 25 heavy (non-hydrogen) atoms. The van der Waals surface area contributed by atoms with Crippen molar-refractivity contribution in [2.45, 2.75) is 20.0 Å². The van der Waals surface area contributed by atoms with Crippen LogP contribution in [0.25, 0.3) is 0 Å². The molecule has 3 amide bonds. The van der Waals surface area contributed by atoms with Crippen LogP contribution >= 0.6 is 0 Å². The third-order valence-electron chi connectivity index (χ3n) is 3.61. The van der Waals surface area contributed by atoms with Gasteiger partial charge in [-0.2, -0.15) is 0 Å². The minimum atomic E-state index is -0.551. The smallest absolute Gasteiger partial charge is 0.265 e. The first kappa shape index (κ1) is 16.5. The van der Waals surface area contributed by atoms with E-state index in [1.807, 2.05) is 0 Å². The van der Waals surface area contributed by atoms with E-state index in [1.54, 1.807) is 49.4 Å². The Morgan fingerprint density at radius 3 is 2.60 bits per heavy atom. The number of carbonyl (C=O) groups is 3. The van der Waals surface area contributed by atoms with Gasteiger partial charge in [-0.25, -0.2) is 0 Å². The van der Waals surface area contributed by atoms with Crippen LogP contribution in [0.4, 0.5) is 17.1 Å². The summed E-state index contributed by atoms with van der Waals surface area (Å²) in [5.74, 6) is -0.225. The fraction of sp³-hybridized carbons (Fsp3) is 0.167. The number of anilines is 3. The Bertz CT molecular complexity index is 863. The molecule has 0 fully saturated rings. The Hall–Kier alpha value is -3.35. The molecule has 1 aliphatic heterocycles. The first-order valence-corrected chi connectivity index (χ1v) is 7.73. The van der Waals surface area contributed by atoms with Crippen molar-refractivity contribution in [2.24, 2.45) is 0 Å². The van der Waals surface area contributed by atoms with E-state index < -0.39 is 6.10 Å². The molecular weight excluding hydrogens is 322 g/mol. The third kappa shape index (κ3) is 3.77. The molecule has 0 aromatic heterocycles. The SMILES string of the molecule is CC(=O)Nc1cccc(C(=O)Nc2ccc3c(c2)NC(=O)C(C)O3)c1. The average Bonchev–Trinajstić information content (AvgIpc) is 2.56. The van der Waals surface area contributed by atoms with Crippen LogP contribution in [0, 0.1) is 0 Å². The molecule has 0 radical (unpaired) electrons. The number of hydrogen-bond donors (Lipinski definition) is 3. The monoisotopic (exact) mass is 339 g/mol. The van der Waals surface area contributed by atoms with Gasteiger partial charge in [-0.1, -0.05) is 6.07 Å². The van der Waals surface area contributed by atoms with Crippen LogP contribution in [-0.2, 0) is 9.59 Å². The van der Waals surface area contributed by atoms with Gasteiger partial charge in [-0.05, 0) is 43.3 Å². The summed E-state index contributed by atoms with van der Waals surface area (Å²) in [5, 5.41) is 8.12. The maximum absolute atomic E-state index is 12.4. The molecule has 128 valence electrons. The van der Waals surface area contributed by atoms with Crippen LogP contribution in [0.15, 0.2) is 42.5 Å². The first-order valence-electron chi connectivity index (χ1n) is 7.73. The molecule has 0 saturated heterocycles. The van der Waals surface area contributed by atoms with E-state index in [0.717, 1.165) is 0 Å². The Labute approximate surface area is 144 Å². The van der Waals surface area contributed by atoms with Gasteiger partial charge < -0.3 is 20.7 Å². The first-order chi connectivity index (χ1) is 11.9. The van der Waals surface area contributed by atoms with E-state index >= 15 is 0 Å². The van der Waals surface area contributed by atoms with Crippen LogP contribution in [0.1, 0.15) is 24.2 Å². The largest absolute Gasteiger partial charge is 0.479 e. The van der Waals surface area contributed by atoms with Crippen molar-refractivity contribution in [2.75, 3.05) is 16.0 Å². The minimum absolute atomic E-state index is 0.211. The highest BCUT2D eigenvalue weighted by molar-refractivity contribution is 6.06. The second kappa shape index (κ2) is 6.64. The number of ether oxygens (including phenoxy) is 1. The summed E-state index contributed by atoms with van der Waals surface area (Å²) in [6.07, 6.45) is -0.551. The molecule has 2 aromatic rings. The van der Waals surface area contributed by atoms with Crippen molar-refractivity contribution in [3.8, 4) is 5.75 Å². The summed E-state index contributed by atoms with van der Waals surface area (Å²) in [5.41, 5.74) is 1.97. The van der Waals surface area contributed by atoms with Gasteiger partial charge in [0.05, 0.1) is 5.69 Å². The van der Waals surface area contributed by atoms with Gasteiger partial charge in [-0.15, -0.1) is 0 Å². The van der Waals surface area contributed by atoms with Gasteiger partial charge >= 0.3 is 0 Å². The van der Waals surface area contributed by atoms with Gasteiger partial charge in [0, 0.05) is 23.9 Å². The highest BCUT2D eigenvalue weighted by Crippen LogP contribution is 2.32. The predicted molar refractivity (Wildman–Crippen MR) is 93.9 cm³/mol. The minimum Gasteiger partial charge on any atom is -0.479 e.